The topological polar surface area (TPSA) is 119 Å². The number of benzene rings is 2. The van der Waals surface area contributed by atoms with Gasteiger partial charge in [0.05, 0.1) is 16.8 Å². The summed E-state index contributed by atoms with van der Waals surface area (Å²) in [6.45, 7) is 0.808. The Kier molecular flexibility index (Phi) is 5.72. The number of amides is 1. The van der Waals surface area contributed by atoms with Crippen LogP contribution in [0.1, 0.15) is 12.8 Å². The van der Waals surface area contributed by atoms with Gasteiger partial charge in [0.25, 0.3) is 5.56 Å². The zero-order valence-corrected chi connectivity index (χ0v) is 19.0. The zero-order valence-electron chi connectivity index (χ0n) is 18.2. The molecule has 34 heavy (non-hydrogen) atoms. The molecule has 0 aliphatic carbocycles. The molecule has 1 N–H and O–H groups in total. The van der Waals surface area contributed by atoms with Crippen molar-refractivity contribution in [1.29, 1.82) is 0 Å². The molecule has 1 aliphatic rings. The van der Waals surface area contributed by atoms with Crippen molar-refractivity contribution in [3.05, 3.63) is 77.5 Å². The van der Waals surface area contributed by atoms with Gasteiger partial charge in [-0.15, -0.1) is 0 Å². The highest BCUT2D eigenvalue weighted by atomic mass is 32.2. The Morgan fingerprint density at radius 1 is 1.00 bits per heavy atom. The summed E-state index contributed by atoms with van der Waals surface area (Å²) < 4.78 is 29.5. The first kappa shape index (κ1) is 22.0. The van der Waals surface area contributed by atoms with Crippen LogP contribution in [-0.4, -0.2) is 51.1 Å². The van der Waals surface area contributed by atoms with Crippen LogP contribution in [0, 0.1) is 0 Å². The van der Waals surface area contributed by atoms with Crippen molar-refractivity contribution in [2.75, 3.05) is 18.4 Å². The maximum absolute atomic E-state index is 12.9. The average Bonchev–Trinajstić information content (AvgIpc) is 3.53. The van der Waals surface area contributed by atoms with Gasteiger partial charge in [-0.25, -0.2) is 18.1 Å². The van der Waals surface area contributed by atoms with Crippen LogP contribution in [0.15, 0.2) is 76.8 Å². The summed E-state index contributed by atoms with van der Waals surface area (Å²) in [5, 5.41) is 7.25. The Hall–Kier alpha value is -3.83. The second-order valence-electron chi connectivity index (χ2n) is 7.99. The highest BCUT2D eigenvalue weighted by molar-refractivity contribution is 7.89. The molecular weight excluding hydrogens is 456 g/mol. The number of aromatic nitrogens is 4. The van der Waals surface area contributed by atoms with E-state index in [0.29, 0.717) is 29.8 Å². The van der Waals surface area contributed by atoms with Crippen LogP contribution >= 0.6 is 0 Å². The van der Waals surface area contributed by atoms with Gasteiger partial charge in [-0.05, 0) is 49.2 Å². The molecule has 0 saturated carbocycles. The van der Waals surface area contributed by atoms with Crippen molar-refractivity contribution in [3.63, 3.8) is 0 Å². The lowest BCUT2D eigenvalue weighted by atomic mass is 10.3. The molecule has 0 radical (unpaired) electrons. The normalized spacial score (nSPS) is 14.5. The Bertz CT molecular complexity index is 1500. The smallest absolute Gasteiger partial charge is 0.264 e. The third-order valence-corrected chi connectivity index (χ3v) is 7.62. The van der Waals surface area contributed by atoms with Gasteiger partial charge in [0.1, 0.15) is 18.3 Å². The number of nitrogens with zero attached hydrogens (tertiary/aromatic N) is 5. The molecule has 10 nitrogen and oxygen atoms in total. The van der Waals surface area contributed by atoms with E-state index >= 15 is 0 Å². The molecule has 0 atom stereocenters. The fourth-order valence-corrected chi connectivity index (χ4v) is 5.48. The van der Waals surface area contributed by atoms with E-state index in [9.17, 15) is 18.0 Å². The van der Waals surface area contributed by atoms with Crippen molar-refractivity contribution >= 4 is 32.7 Å². The summed E-state index contributed by atoms with van der Waals surface area (Å²) >= 11 is 0. The highest BCUT2D eigenvalue weighted by Gasteiger charge is 2.27. The van der Waals surface area contributed by atoms with Gasteiger partial charge in [0.2, 0.25) is 15.9 Å². The molecule has 3 heterocycles. The van der Waals surface area contributed by atoms with E-state index in [2.05, 4.69) is 15.4 Å². The quantitative estimate of drug-likeness (QED) is 0.453. The van der Waals surface area contributed by atoms with Crippen LogP contribution in [0.4, 0.5) is 5.69 Å². The molecule has 5 rings (SSSR count). The monoisotopic (exact) mass is 478 g/mol. The summed E-state index contributed by atoms with van der Waals surface area (Å²) in [7, 11) is -3.52. The predicted octanol–water partition coefficient (Wildman–Crippen LogP) is 2.01. The lowest BCUT2D eigenvalue weighted by Gasteiger charge is -2.15. The zero-order chi connectivity index (χ0) is 23.7. The Labute approximate surface area is 195 Å². The van der Waals surface area contributed by atoms with Crippen LogP contribution < -0.4 is 10.9 Å². The molecule has 0 unspecified atom stereocenters. The van der Waals surface area contributed by atoms with E-state index in [1.807, 2.05) is 30.3 Å². The lowest BCUT2D eigenvalue weighted by Crippen LogP contribution is -2.28. The van der Waals surface area contributed by atoms with Crippen LogP contribution in [-0.2, 0) is 21.4 Å². The van der Waals surface area contributed by atoms with Crippen LogP contribution in [0.5, 0.6) is 0 Å². The lowest BCUT2D eigenvalue weighted by molar-refractivity contribution is -0.116. The molecule has 174 valence electrons. The van der Waals surface area contributed by atoms with Crippen molar-refractivity contribution in [1.82, 2.24) is 23.6 Å². The van der Waals surface area contributed by atoms with Crippen LogP contribution in [0.2, 0.25) is 0 Å². The number of fused-ring (bicyclic) bond motifs is 1. The molecule has 0 bridgehead atoms. The number of anilines is 1. The molecule has 1 fully saturated rings. The Balaban J connectivity index is 1.30. The van der Waals surface area contributed by atoms with Crippen molar-refractivity contribution in [3.8, 4) is 5.69 Å². The van der Waals surface area contributed by atoms with Crippen molar-refractivity contribution in [2.45, 2.75) is 24.3 Å². The second-order valence-corrected chi connectivity index (χ2v) is 9.93. The molecule has 1 saturated heterocycles. The maximum Gasteiger partial charge on any atom is 0.264 e. The maximum atomic E-state index is 12.9. The Morgan fingerprint density at radius 2 is 1.71 bits per heavy atom. The van der Waals surface area contributed by atoms with Gasteiger partial charge >= 0.3 is 0 Å². The van der Waals surface area contributed by atoms with Crippen molar-refractivity contribution in [2.24, 2.45) is 0 Å². The van der Waals surface area contributed by atoms with E-state index < -0.39 is 15.9 Å². The van der Waals surface area contributed by atoms with E-state index in [4.69, 9.17) is 0 Å². The van der Waals surface area contributed by atoms with Gasteiger partial charge in [0, 0.05) is 18.8 Å². The highest BCUT2D eigenvalue weighted by Crippen LogP contribution is 2.22. The summed E-state index contributed by atoms with van der Waals surface area (Å²) in [4.78, 5) is 29.9. The van der Waals surface area contributed by atoms with E-state index in [-0.39, 0.29) is 17.0 Å². The molecule has 2 aromatic heterocycles. The molecule has 1 aliphatic heterocycles. The first-order chi connectivity index (χ1) is 16.4. The van der Waals surface area contributed by atoms with E-state index in [1.165, 1.54) is 45.7 Å². The number of rotatable bonds is 6. The van der Waals surface area contributed by atoms with E-state index in [0.717, 1.165) is 18.5 Å². The SMILES string of the molecule is O=C(Cn1cnc2c(cnn2-c2ccccc2)c1=O)Nc1ccc(S(=O)(=O)N2CCCC2)cc1. The van der Waals surface area contributed by atoms with Crippen LogP contribution in [0.25, 0.3) is 16.7 Å². The summed E-state index contributed by atoms with van der Waals surface area (Å²) in [5.74, 6) is -0.436. The number of nitrogens with one attached hydrogen (secondary N) is 1. The average molecular weight is 479 g/mol. The van der Waals surface area contributed by atoms with Crippen LogP contribution in [0.3, 0.4) is 0 Å². The molecular formula is C23H22N6O4S. The number of hydrogen-bond donors (Lipinski definition) is 1. The number of hydrogen-bond acceptors (Lipinski definition) is 6. The third-order valence-electron chi connectivity index (χ3n) is 5.71. The first-order valence-corrected chi connectivity index (χ1v) is 12.3. The Morgan fingerprint density at radius 3 is 2.41 bits per heavy atom. The fraction of sp³-hybridized carbons (Fsp3) is 0.217. The second kappa shape index (κ2) is 8.84. The van der Waals surface area contributed by atoms with Gasteiger partial charge in [0.15, 0.2) is 5.65 Å². The molecule has 11 heteroatoms. The van der Waals surface area contributed by atoms with Gasteiger partial charge in [-0.1, -0.05) is 18.2 Å². The molecule has 1 amide bonds. The summed E-state index contributed by atoms with van der Waals surface area (Å²) in [6, 6.07) is 15.3. The minimum atomic E-state index is -3.52. The molecule has 2 aromatic carbocycles. The summed E-state index contributed by atoms with van der Waals surface area (Å²) in [5.41, 5.74) is 1.23. The number of para-hydroxylation sites is 1. The minimum absolute atomic E-state index is 0.189. The number of carbonyl (C=O) groups is 1. The standard InChI is InChI=1S/C23H22N6O4S/c30-21(26-17-8-10-19(11-9-17)34(32,33)28-12-4-5-13-28)15-27-16-24-22-20(23(27)31)14-25-29(22)18-6-2-1-3-7-18/h1-3,6-11,14,16H,4-5,12-13,15H2,(H,26,30). The first-order valence-electron chi connectivity index (χ1n) is 10.8. The third kappa shape index (κ3) is 4.11. The fourth-order valence-electron chi connectivity index (χ4n) is 3.96. The molecule has 4 aromatic rings. The minimum Gasteiger partial charge on any atom is -0.325 e. The summed E-state index contributed by atoms with van der Waals surface area (Å²) in [6.07, 6.45) is 4.48. The largest absolute Gasteiger partial charge is 0.325 e. The predicted molar refractivity (Wildman–Crippen MR) is 126 cm³/mol. The van der Waals surface area contributed by atoms with Gasteiger partial charge in [-0.3, -0.25) is 14.2 Å². The van der Waals surface area contributed by atoms with Gasteiger partial charge < -0.3 is 5.32 Å². The van der Waals surface area contributed by atoms with Gasteiger partial charge in [-0.2, -0.15) is 9.40 Å². The molecule has 0 spiro atoms. The van der Waals surface area contributed by atoms with E-state index in [1.54, 1.807) is 4.68 Å². The number of carbonyl (C=O) groups excluding carboxylic acids is 1. The van der Waals surface area contributed by atoms with Crippen molar-refractivity contribution < 1.29 is 13.2 Å². The number of sulfonamides is 1.